The fourth-order valence-electron chi connectivity index (χ4n) is 4.93. The number of halogens is 1. The van der Waals surface area contributed by atoms with Crippen LogP contribution in [0.5, 0.6) is 0 Å². The molecule has 2 aliphatic rings. The van der Waals surface area contributed by atoms with E-state index >= 15 is 0 Å². The van der Waals surface area contributed by atoms with Gasteiger partial charge in [-0.25, -0.2) is 0 Å². The van der Waals surface area contributed by atoms with Crippen molar-refractivity contribution in [3.63, 3.8) is 0 Å². The van der Waals surface area contributed by atoms with Gasteiger partial charge in [0.2, 0.25) is 0 Å². The highest BCUT2D eigenvalue weighted by Crippen LogP contribution is 2.42. The van der Waals surface area contributed by atoms with E-state index in [1.165, 1.54) is 4.90 Å². The maximum absolute atomic E-state index is 13.4. The molecule has 184 valence electrons. The Morgan fingerprint density at radius 2 is 1.56 bits per heavy atom. The molecule has 36 heavy (non-hydrogen) atoms. The summed E-state index contributed by atoms with van der Waals surface area (Å²) in [5.74, 6) is -1.63. The number of rotatable bonds is 4. The number of amides is 1. The number of anilines is 2. The fourth-order valence-corrected chi connectivity index (χ4v) is 5.12. The third-order valence-electron chi connectivity index (χ3n) is 6.90. The van der Waals surface area contributed by atoms with E-state index in [0.29, 0.717) is 16.3 Å². The number of aliphatic hydroxyl groups is 1. The number of likely N-dealkylation sites (N-methyl/N-ethyl adjacent to an activating group) is 1. The summed E-state index contributed by atoms with van der Waals surface area (Å²) < 4.78 is 0. The van der Waals surface area contributed by atoms with Crippen LogP contribution in [0.2, 0.25) is 5.02 Å². The normalized spacial score (nSPS) is 20.2. The van der Waals surface area contributed by atoms with Gasteiger partial charge in [-0.3, -0.25) is 14.5 Å². The molecule has 7 heteroatoms. The molecule has 1 N–H and O–H groups in total. The van der Waals surface area contributed by atoms with Crippen molar-refractivity contribution in [2.45, 2.75) is 13.0 Å². The first-order valence-electron chi connectivity index (χ1n) is 12.0. The van der Waals surface area contributed by atoms with Gasteiger partial charge in [-0.2, -0.15) is 0 Å². The summed E-state index contributed by atoms with van der Waals surface area (Å²) in [6.45, 7) is 5.81. The maximum atomic E-state index is 13.4. The molecule has 6 nitrogen and oxygen atoms in total. The predicted molar refractivity (Wildman–Crippen MR) is 144 cm³/mol. The highest BCUT2D eigenvalue weighted by atomic mass is 35.5. The summed E-state index contributed by atoms with van der Waals surface area (Å²) in [5.41, 5.74) is 3.87. The van der Waals surface area contributed by atoms with Gasteiger partial charge in [-0.05, 0) is 55.9 Å². The molecule has 2 fully saturated rings. The minimum absolute atomic E-state index is 0.0519. The highest BCUT2D eigenvalue weighted by molar-refractivity contribution is 6.51. The lowest BCUT2D eigenvalue weighted by Crippen LogP contribution is -2.44. The summed E-state index contributed by atoms with van der Waals surface area (Å²) in [6.07, 6.45) is 0. The average molecular weight is 502 g/mol. The average Bonchev–Trinajstić information content (AvgIpc) is 3.14. The van der Waals surface area contributed by atoms with Crippen molar-refractivity contribution in [1.82, 2.24) is 4.90 Å². The number of Topliss-reactive ketones (excluding diaryl/α,β-unsaturated/α-hetero) is 1. The van der Waals surface area contributed by atoms with Gasteiger partial charge in [-0.1, -0.05) is 53.6 Å². The molecule has 0 radical (unpaired) electrons. The van der Waals surface area contributed by atoms with E-state index in [2.05, 4.69) is 16.8 Å². The molecule has 1 unspecified atom stereocenters. The van der Waals surface area contributed by atoms with Crippen molar-refractivity contribution in [3.8, 4) is 0 Å². The molecule has 5 rings (SSSR count). The van der Waals surface area contributed by atoms with Crippen molar-refractivity contribution in [2.24, 2.45) is 0 Å². The van der Waals surface area contributed by atoms with Crippen LogP contribution in [0.15, 0.2) is 78.4 Å². The van der Waals surface area contributed by atoms with Crippen LogP contribution in [0.3, 0.4) is 0 Å². The molecular weight excluding hydrogens is 474 g/mol. The number of carbonyl (C=O) groups excluding carboxylic acids is 2. The SMILES string of the molecule is Cc1cccc(C2/C(=C(\O)c3cccc(Cl)c3)C(=O)C(=O)N2c2ccc(N3CCN(C)CC3)cc2)c1. The van der Waals surface area contributed by atoms with E-state index in [-0.39, 0.29) is 11.3 Å². The van der Waals surface area contributed by atoms with Crippen molar-refractivity contribution < 1.29 is 14.7 Å². The number of piperazine rings is 1. The summed E-state index contributed by atoms with van der Waals surface area (Å²) in [5, 5.41) is 11.7. The Morgan fingerprint density at radius 1 is 0.889 bits per heavy atom. The van der Waals surface area contributed by atoms with Gasteiger partial charge in [0.05, 0.1) is 11.6 Å². The minimum Gasteiger partial charge on any atom is -0.507 e. The minimum atomic E-state index is -0.765. The molecule has 0 saturated carbocycles. The standard InChI is InChI=1S/C29H28ClN3O3/c1-19-5-3-6-20(17-19)26-25(27(34)21-7-4-8-22(30)18-21)28(35)29(36)33(26)24-11-9-23(10-12-24)32-15-13-31(2)14-16-32/h3-12,17-18,26,34H,13-16H2,1-2H3/b27-25+. The second-order valence-corrected chi connectivity index (χ2v) is 9.84. The molecule has 0 spiro atoms. The van der Waals surface area contributed by atoms with Gasteiger partial charge in [0, 0.05) is 48.1 Å². The molecule has 1 amide bonds. The first-order chi connectivity index (χ1) is 17.3. The number of hydrogen-bond acceptors (Lipinski definition) is 5. The Hall–Kier alpha value is -3.61. The Balaban J connectivity index is 1.59. The van der Waals surface area contributed by atoms with Crippen LogP contribution in [-0.4, -0.2) is 54.9 Å². The first-order valence-corrected chi connectivity index (χ1v) is 12.4. The topological polar surface area (TPSA) is 64.1 Å². The van der Waals surface area contributed by atoms with Gasteiger partial charge in [0.25, 0.3) is 11.7 Å². The smallest absolute Gasteiger partial charge is 0.300 e. The summed E-state index contributed by atoms with van der Waals surface area (Å²) in [7, 11) is 2.12. The fraction of sp³-hybridized carbons (Fsp3) is 0.241. The zero-order valence-electron chi connectivity index (χ0n) is 20.3. The molecule has 0 bridgehead atoms. The van der Waals surface area contributed by atoms with Gasteiger partial charge >= 0.3 is 0 Å². The zero-order valence-corrected chi connectivity index (χ0v) is 21.1. The van der Waals surface area contributed by atoms with E-state index in [9.17, 15) is 14.7 Å². The van der Waals surface area contributed by atoms with E-state index < -0.39 is 17.7 Å². The molecular formula is C29H28ClN3O3. The quantitative estimate of drug-likeness (QED) is 0.309. The Labute approximate surface area is 216 Å². The van der Waals surface area contributed by atoms with Gasteiger partial charge in [0.1, 0.15) is 5.76 Å². The van der Waals surface area contributed by atoms with Crippen LogP contribution in [0.4, 0.5) is 11.4 Å². The summed E-state index contributed by atoms with van der Waals surface area (Å²) in [4.78, 5) is 32.8. The molecule has 3 aromatic rings. The van der Waals surface area contributed by atoms with Crippen molar-refractivity contribution >= 4 is 40.4 Å². The van der Waals surface area contributed by atoms with Gasteiger partial charge in [0.15, 0.2) is 0 Å². The van der Waals surface area contributed by atoms with Crippen LogP contribution < -0.4 is 9.80 Å². The van der Waals surface area contributed by atoms with E-state index in [4.69, 9.17) is 11.6 Å². The van der Waals surface area contributed by atoms with Crippen LogP contribution in [0.25, 0.3) is 5.76 Å². The molecule has 2 aliphatic heterocycles. The number of aliphatic hydroxyl groups excluding tert-OH is 1. The van der Waals surface area contributed by atoms with E-state index in [1.54, 1.807) is 24.3 Å². The third-order valence-corrected chi connectivity index (χ3v) is 7.13. The molecule has 1 atom stereocenters. The lowest BCUT2D eigenvalue weighted by Gasteiger charge is -2.34. The van der Waals surface area contributed by atoms with Gasteiger partial charge < -0.3 is 14.9 Å². The van der Waals surface area contributed by atoms with Crippen molar-refractivity contribution in [1.29, 1.82) is 0 Å². The number of carbonyl (C=O) groups is 2. The zero-order chi connectivity index (χ0) is 25.4. The van der Waals surface area contributed by atoms with Crippen LogP contribution in [0, 0.1) is 6.92 Å². The Kier molecular flexibility index (Phi) is 6.56. The third kappa shape index (κ3) is 4.50. The second kappa shape index (κ2) is 9.80. The number of aryl methyl sites for hydroxylation is 1. The van der Waals surface area contributed by atoms with Crippen LogP contribution in [-0.2, 0) is 9.59 Å². The van der Waals surface area contributed by atoms with E-state index in [1.807, 2.05) is 55.5 Å². The summed E-state index contributed by atoms with van der Waals surface area (Å²) >= 11 is 6.14. The second-order valence-electron chi connectivity index (χ2n) is 9.40. The molecule has 2 heterocycles. The molecule has 2 saturated heterocycles. The number of benzene rings is 3. The Morgan fingerprint density at radius 3 is 2.22 bits per heavy atom. The summed E-state index contributed by atoms with van der Waals surface area (Å²) in [6, 6.07) is 21.3. The van der Waals surface area contributed by atoms with Crippen LogP contribution in [0.1, 0.15) is 22.7 Å². The van der Waals surface area contributed by atoms with E-state index in [0.717, 1.165) is 43.0 Å². The first kappa shape index (κ1) is 24.1. The lowest BCUT2D eigenvalue weighted by atomic mass is 9.94. The van der Waals surface area contributed by atoms with Gasteiger partial charge in [-0.15, -0.1) is 0 Å². The monoisotopic (exact) mass is 501 g/mol. The lowest BCUT2D eigenvalue weighted by molar-refractivity contribution is -0.132. The number of hydrogen-bond donors (Lipinski definition) is 1. The number of nitrogens with zero attached hydrogens (tertiary/aromatic N) is 3. The predicted octanol–water partition coefficient (Wildman–Crippen LogP) is 5.03. The molecule has 0 aromatic heterocycles. The molecule has 0 aliphatic carbocycles. The maximum Gasteiger partial charge on any atom is 0.300 e. The largest absolute Gasteiger partial charge is 0.507 e. The Bertz CT molecular complexity index is 1340. The highest BCUT2D eigenvalue weighted by Gasteiger charge is 2.47. The van der Waals surface area contributed by atoms with Crippen LogP contribution >= 0.6 is 11.6 Å². The van der Waals surface area contributed by atoms with Crippen molar-refractivity contribution in [3.05, 3.63) is 100 Å². The molecule has 3 aromatic carbocycles. The number of ketones is 1. The van der Waals surface area contributed by atoms with Crippen molar-refractivity contribution in [2.75, 3.05) is 43.0 Å².